The molecule has 0 bridgehead atoms. The van der Waals surface area contributed by atoms with Crippen molar-refractivity contribution in [2.75, 3.05) is 11.1 Å². The van der Waals surface area contributed by atoms with Gasteiger partial charge in [-0.15, -0.1) is 0 Å². The molecule has 0 atom stereocenters. The molecule has 19 heavy (non-hydrogen) atoms. The summed E-state index contributed by atoms with van der Waals surface area (Å²) in [4.78, 5) is 11.9. The van der Waals surface area contributed by atoms with Crippen molar-refractivity contribution in [2.24, 2.45) is 0 Å². The highest BCUT2D eigenvalue weighted by Gasteiger charge is 2.13. The molecule has 0 unspecified atom stereocenters. The highest BCUT2D eigenvalue weighted by molar-refractivity contribution is 9.10. The third-order valence-corrected chi connectivity index (χ3v) is 2.94. The number of benzene rings is 2. The molecule has 2 aromatic rings. The van der Waals surface area contributed by atoms with E-state index in [2.05, 4.69) is 21.2 Å². The first-order valence-corrected chi connectivity index (χ1v) is 6.11. The van der Waals surface area contributed by atoms with Crippen molar-refractivity contribution in [1.29, 1.82) is 0 Å². The van der Waals surface area contributed by atoms with Crippen molar-refractivity contribution in [3.05, 3.63) is 52.3 Å². The number of halogens is 2. The van der Waals surface area contributed by atoms with Gasteiger partial charge in [0.1, 0.15) is 11.6 Å². The SMILES string of the molecule is Nc1ccc(NC(=O)c2cc(Br)ccc2O)c(F)c1. The van der Waals surface area contributed by atoms with E-state index < -0.39 is 11.7 Å². The summed E-state index contributed by atoms with van der Waals surface area (Å²) < 4.78 is 14.2. The highest BCUT2D eigenvalue weighted by atomic mass is 79.9. The Morgan fingerprint density at radius 3 is 2.68 bits per heavy atom. The number of phenolic OH excluding ortho intramolecular Hbond substituents is 1. The fourth-order valence-corrected chi connectivity index (χ4v) is 1.87. The van der Waals surface area contributed by atoms with Crippen LogP contribution in [0.1, 0.15) is 10.4 Å². The van der Waals surface area contributed by atoms with E-state index in [9.17, 15) is 14.3 Å². The zero-order valence-corrected chi connectivity index (χ0v) is 11.2. The average molecular weight is 325 g/mol. The largest absolute Gasteiger partial charge is 0.507 e. The maximum Gasteiger partial charge on any atom is 0.259 e. The molecule has 4 N–H and O–H groups in total. The number of carbonyl (C=O) groups excluding carboxylic acids is 1. The molecule has 0 saturated carbocycles. The average Bonchev–Trinajstić information content (AvgIpc) is 2.35. The first-order chi connectivity index (χ1) is 8.97. The minimum Gasteiger partial charge on any atom is -0.507 e. The number of amides is 1. The number of aromatic hydroxyl groups is 1. The molecule has 0 radical (unpaired) electrons. The van der Waals surface area contributed by atoms with E-state index in [0.717, 1.165) is 6.07 Å². The molecule has 0 spiro atoms. The van der Waals surface area contributed by atoms with E-state index in [1.807, 2.05) is 0 Å². The summed E-state index contributed by atoms with van der Waals surface area (Å²) in [6.45, 7) is 0. The van der Waals surface area contributed by atoms with Crippen LogP contribution in [0.5, 0.6) is 5.75 Å². The smallest absolute Gasteiger partial charge is 0.259 e. The molecule has 0 aliphatic carbocycles. The molecule has 0 aliphatic heterocycles. The Kier molecular flexibility index (Phi) is 3.71. The van der Waals surface area contributed by atoms with E-state index in [-0.39, 0.29) is 22.7 Å². The number of nitrogens with one attached hydrogen (secondary N) is 1. The minimum absolute atomic E-state index is 0.00132. The molecule has 1 amide bonds. The number of hydrogen-bond donors (Lipinski definition) is 3. The zero-order chi connectivity index (χ0) is 14.0. The predicted octanol–water partition coefficient (Wildman–Crippen LogP) is 3.13. The number of nitrogens with two attached hydrogens (primary N) is 1. The second kappa shape index (κ2) is 5.27. The molecule has 2 rings (SSSR count). The Morgan fingerprint density at radius 2 is 2.00 bits per heavy atom. The first-order valence-electron chi connectivity index (χ1n) is 5.32. The van der Waals surface area contributed by atoms with Gasteiger partial charge in [0.05, 0.1) is 11.3 Å². The summed E-state index contributed by atoms with van der Waals surface area (Å²) in [7, 11) is 0. The summed E-state index contributed by atoms with van der Waals surface area (Å²) >= 11 is 3.19. The maximum absolute atomic E-state index is 13.5. The fraction of sp³-hybridized carbons (Fsp3) is 0. The van der Waals surface area contributed by atoms with Crippen LogP contribution in [0.15, 0.2) is 40.9 Å². The minimum atomic E-state index is -0.636. The molecule has 4 nitrogen and oxygen atoms in total. The number of rotatable bonds is 2. The third kappa shape index (κ3) is 3.03. The standard InChI is InChI=1S/C13H10BrFN2O2/c14-7-1-4-12(18)9(5-7)13(19)17-11-3-2-8(16)6-10(11)15/h1-6,18H,16H2,(H,17,19). The summed E-state index contributed by atoms with van der Waals surface area (Å²) in [6.07, 6.45) is 0. The monoisotopic (exact) mass is 324 g/mol. The van der Waals surface area contributed by atoms with Gasteiger partial charge in [0.2, 0.25) is 0 Å². The summed E-state index contributed by atoms with van der Waals surface area (Å²) in [5.41, 5.74) is 5.72. The lowest BCUT2D eigenvalue weighted by molar-refractivity contribution is 0.102. The number of phenols is 1. The van der Waals surface area contributed by atoms with Crippen molar-refractivity contribution in [3.8, 4) is 5.75 Å². The second-order valence-corrected chi connectivity index (χ2v) is 4.77. The number of carbonyl (C=O) groups is 1. The van der Waals surface area contributed by atoms with E-state index in [1.165, 1.54) is 24.3 Å². The van der Waals surface area contributed by atoms with E-state index in [0.29, 0.717) is 4.47 Å². The Labute approximate surface area is 117 Å². The molecule has 0 fully saturated rings. The summed E-state index contributed by atoms with van der Waals surface area (Å²) in [5.74, 6) is -1.43. The van der Waals surface area contributed by atoms with Gasteiger partial charge in [-0.25, -0.2) is 4.39 Å². The second-order valence-electron chi connectivity index (χ2n) is 3.85. The normalized spacial score (nSPS) is 10.2. The van der Waals surface area contributed by atoms with E-state index >= 15 is 0 Å². The first kappa shape index (κ1) is 13.4. The lowest BCUT2D eigenvalue weighted by Crippen LogP contribution is -2.13. The van der Waals surface area contributed by atoms with Gasteiger partial charge in [-0.3, -0.25) is 4.79 Å². The molecule has 0 heterocycles. The van der Waals surface area contributed by atoms with Crippen LogP contribution in [-0.4, -0.2) is 11.0 Å². The Balaban J connectivity index is 2.28. The molecule has 0 aliphatic rings. The maximum atomic E-state index is 13.5. The molecule has 6 heteroatoms. The number of anilines is 2. The van der Waals surface area contributed by atoms with Crippen molar-refractivity contribution in [1.82, 2.24) is 0 Å². The van der Waals surface area contributed by atoms with Gasteiger partial charge in [0.15, 0.2) is 0 Å². The van der Waals surface area contributed by atoms with Crippen LogP contribution in [0.2, 0.25) is 0 Å². The molecular formula is C13H10BrFN2O2. The van der Waals surface area contributed by atoms with Crippen LogP contribution in [0.4, 0.5) is 15.8 Å². The van der Waals surface area contributed by atoms with Gasteiger partial charge in [-0.05, 0) is 36.4 Å². The fourth-order valence-electron chi connectivity index (χ4n) is 1.51. The van der Waals surface area contributed by atoms with Gasteiger partial charge in [0, 0.05) is 10.2 Å². The topological polar surface area (TPSA) is 75.3 Å². The van der Waals surface area contributed by atoms with Gasteiger partial charge < -0.3 is 16.2 Å². The van der Waals surface area contributed by atoms with Crippen molar-refractivity contribution < 1.29 is 14.3 Å². The van der Waals surface area contributed by atoms with Gasteiger partial charge in [0.25, 0.3) is 5.91 Å². The molecular weight excluding hydrogens is 315 g/mol. The quantitative estimate of drug-likeness (QED) is 0.743. The van der Waals surface area contributed by atoms with Crippen LogP contribution in [0.25, 0.3) is 0 Å². The van der Waals surface area contributed by atoms with Gasteiger partial charge >= 0.3 is 0 Å². The van der Waals surface area contributed by atoms with Crippen LogP contribution in [0, 0.1) is 5.82 Å². The lowest BCUT2D eigenvalue weighted by atomic mass is 10.2. The predicted molar refractivity (Wildman–Crippen MR) is 74.6 cm³/mol. The Hall–Kier alpha value is -2.08. The highest BCUT2D eigenvalue weighted by Crippen LogP contribution is 2.24. The number of hydrogen-bond acceptors (Lipinski definition) is 3. The summed E-state index contributed by atoms with van der Waals surface area (Å²) in [5, 5.41) is 12.0. The molecule has 98 valence electrons. The Morgan fingerprint density at radius 1 is 1.26 bits per heavy atom. The molecule has 0 aromatic heterocycles. The van der Waals surface area contributed by atoms with Crippen LogP contribution in [-0.2, 0) is 0 Å². The Bertz CT molecular complexity index is 647. The molecule has 2 aromatic carbocycles. The van der Waals surface area contributed by atoms with E-state index in [4.69, 9.17) is 5.73 Å². The van der Waals surface area contributed by atoms with Gasteiger partial charge in [-0.2, -0.15) is 0 Å². The van der Waals surface area contributed by atoms with E-state index in [1.54, 1.807) is 6.07 Å². The summed E-state index contributed by atoms with van der Waals surface area (Å²) in [6, 6.07) is 8.35. The van der Waals surface area contributed by atoms with Crippen molar-refractivity contribution >= 4 is 33.2 Å². The zero-order valence-electron chi connectivity index (χ0n) is 9.65. The van der Waals surface area contributed by atoms with Crippen molar-refractivity contribution in [2.45, 2.75) is 0 Å². The number of nitrogen functional groups attached to an aromatic ring is 1. The third-order valence-electron chi connectivity index (χ3n) is 2.44. The molecule has 0 saturated heterocycles. The van der Waals surface area contributed by atoms with Crippen LogP contribution >= 0.6 is 15.9 Å². The van der Waals surface area contributed by atoms with Crippen LogP contribution < -0.4 is 11.1 Å². The van der Waals surface area contributed by atoms with Crippen LogP contribution in [0.3, 0.4) is 0 Å². The lowest BCUT2D eigenvalue weighted by Gasteiger charge is -2.08. The van der Waals surface area contributed by atoms with Crippen molar-refractivity contribution in [3.63, 3.8) is 0 Å². The van der Waals surface area contributed by atoms with Gasteiger partial charge in [-0.1, -0.05) is 15.9 Å².